The van der Waals surface area contributed by atoms with Crippen LogP contribution in [0.25, 0.3) is 0 Å². The van der Waals surface area contributed by atoms with Crippen molar-refractivity contribution in [3.8, 4) is 0 Å². The zero-order valence-corrected chi connectivity index (χ0v) is 17.0. The summed E-state index contributed by atoms with van der Waals surface area (Å²) in [5.41, 5.74) is -1.47. The zero-order chi connectivity index (χ0) is 22.7. The van der Waals surface area contributed by atoms with Crippen LogP contribution in [-0.4, -0.2) is 59.6 Å². The van der Waals surface area contributed by atoms with E-state index >= 15 is 0 Å². The summed E-state index contributed by atoms with van der Waals surface area (Å²) in [6, 6.07) is 16.4. The van der Waals surface area contributed by atoms with Gasteiger partial charge in [0.05, 0.1) is 11.1 Å². The molecule has 0 spiro atoms. The number of hydrogen-bond donors (Lipinski definition) is 2. The lowest BCUT2D eigenvalue weighted by Crippen LogP contribution is -2.50. The van der Waals surface area contributed by atoms with Gasteiger partial charge in [0.2, 0.25) is 0 Å². The first-order valence-corrected chi connectivity index (χ1v) is 9.46. The third-order valence-corrected chi connectivity index (χ3v) is 4.18. The highest BCUT2D eigenvalue weighted by atomic mass is 16.6. The van der Waals surface area contributed by atoms with Gasteiger partial charge in [-0.15, -0.1) is 0 Å². The van der Waals surface area contributed by atoms with Crippen molar-refractivity contribution in [3.63, 3.8) is 0 Å². The molecule has 0 aliphatic carbocycles. The largest absolute Gasteiger partial charge is 0.463 e. The highest BCUT2D eigenvalue weighted by Crippen LogP contribution is 2.16. The van der Waals surface area contributed by atoms with Gasteiger partial charge < -0.3 is 24.4 Å². The smallest absolute Gasteiger partial charge is 0.338 e. The minimum Gasteiger partial charge on any atom is -0.463 e. The minimum absolute atomic E-state index is 0.168. The quantitative estimate of drug-likeness (QED) is 0.335. The van der Waals surface area contributed by atoms with Crippen LogP contribution in [0, 0.1) is 0 Å². The molecule has 0 radical (unpaired) electrons. The Balaban J connectivity index is 1.96. The second kappa shape index (κ2) is 11.6. The molecule has 0 unspecified atom stereocenters. The van der Waals surface area contributed by atoms with Gasteiger partial charge >= 0.3 is 17.9 Å². The van der Waals surface area contributed by atoms with Gasteiger partial charge in [-0.3, -0.25) is 4.79 Å². The standard InChI is InChI=1S/C23H24O8/c1-17(24)30-15-23(28,16-31-22(27)19-11-6-3-7-12-19)20(25)13-8-14-29-21(26)18-9-4-2-5-10-18/h2-13,20,25,28H,14-16H2,1H3/t20-,23+/m1/s1. The Morgan fingerprint density at radius 3 is 1.87 bits per heavy atom. The molecule has 2 aromatic carbocycles. The molecule has 2 rings (SSSR count). The molecule has 0 saturated carbocycles. The molecular formula is C23H24O8. The SMILES string of the molecule is CC(=O)OC[C@](O)(COC(=O)c1ccccc1)[C@H](O)C=CCOC(=O)c1ccccc1. The van der Waals surface area contributed by atoms with Crippen molar-refractivity contribution in [2.45, 2.75) is 18.6 Å². The summed E-state index contributed by atoms with van der Waals surface area (Å²) in [5, 5.41) is 21.1. The number of ether oxygens (including phenoxy) is 3. The maximum absolute atomic E-state index is 12.1. The fraction of sp³-hybridized carbons (Fsp3) is 0.261. The molecule has 0 heterocycles. The van der Waals surface area contributed by atoms with E-state index in [0.29, 0.717) is 5.56 Å². The Morgan fingerprint density at radius 2 is 1.35 bits per heavy atom. The highest BCUT2D eigenvalue weighted by molar-refractivity contribution is 5.89. The van der Waals surface area contributed by atoms with Crippen LogP contribution < -0.4 is 0 Å². The van der Waals surface area contributed by atoms with Gasteiger partial charge in [-0.25, -0.2) is 9.59 Å². The van der Waals surface area contributed by atoms with Crippen LogP contribution >= 0.6 is 0 Å². The van der Waals surface area contributed by atoms with E-state index < -0.39 is 42.8 Å². The minimum atomic E-state index is -2.10. The van der Waals surface area contributed by atoms with E-state index in [1.165, 1.54) is 18.2 Å². The maximum Gasteiger partial charge on any atom is 0.338 e. The van der Waals surface area contributed by atoms with Gasteiger partial charge in [0.25, 0.3) is 0 Å². The Morgan fingerprint density at radius 1 is 0.871 bits per heavy atom. The average Bonchev–Trinajstić information content (AvgIpc) is 2.79. The predicted molar refractivity (Wildman–Crippen MR) is 110 cm³/mol. The van der Waals surface area contributed by atoms with Crippen LogP contribution in [0.1, 0.15) is 27.6 Å². The zero-order valence-electron chi connectivity index (χ0n) is 17.0. The van der Waals surface area contributed by atoms with Crippen molar-refractivity contribution in [2.24, 2.45) is 0 Å². The molecule has 0 aliphatic rings. The molecule has 8 nitrogen and oxygen atoms in total. The summed E-state index contributed by atoms with van der Waals surface area (Å²) in [7, 11) is 0. The normalized spacial score (nSPS) is 13.8. The summed E-state index contributed by atoms with van der Waals surface area (Å²) < 4.78 is 15.0. The van der Waals surface area contributed by atoms with Gasteiger partial charge in [0.15, 0.2) is 5.60 Å². The molecule has 164 valence electrons. The lowest BCUT2D eigenvalue weighted by molar-refractivity contribution is -0.161. The first-order valence-electron chi connectivity index (χ1n) is 9.46. The number of benzene rings is 2. The summed E-state index contributed by atoms with van der Waals surface area (Å²) in [6.45, 7) is -0.275. The second-order valence-corrected chi connectivity index (χ2v) is 6.66. The van der Waals surface area contributed by atoms with E-state index in [0.717, 1.165) is 13.0 Å². The number of aliphatic hydroxyl groups excluding tert-OH is 1. The van der Waals surface area contributed by atoms with Crippen LogP contribution in [0.2, 0.25) is 0 Å². The van der Waals surface area contributed by atoms with Gasteiger partial charge in [0, 0.05) is 6.92 Å². The first kappa shape index (κ1) is 23.8. The summed E-state index contributed by atoms with van der Waals surface area (Å²) in [5.74, 6) is -1.94. The molecule has 2 aromatic rings. The summed E-state index contributed by atoms with van der Waals surface area (Å²) in [4.78, 5) is 35.2. The fourth-order valence-corrected chi connectivity index (χ4v) is 2.43. The van der Waals surface area contributed by atoms with E-state index in [2.05, 4.69) is 0 Å². The topological polar surface area (TPSA) is 119 Å². The van der Waals surface area contributed by atoms with Crippen LogP contribution in [0.4, 0.5) is 0 Å². The molecule has 0 aliphatic heterocycles. The molecule has 2 N–H and O–H groups in total. The Hall–Kier alpha value is -3.49. The van der Waals surface area contributed by atoms with Crippen LogP contribution in [0.3, 0.4) is 0 Å². The van der Waals surface area contributed by atoms with E-state index in [4.69, 9.17) is 14.2 Å². The van der Waals surface area contributed by atoms with Crippen LogP contribution in [0.5, 0.6) is 0 Å². The van der Waals surface area contributed by atoms with E-state index in [1.54, 1.807) is 48.5 Å². The van der Waals surface area contributed by atoms with Crippen molar-refractivity contribution >= 4 is 17.9 Å². The van der Waals surface area contributed by atoms with Gasteiger partial charge in [-0.1, -0.05) is 42.5 Å². The third-order valence-electron chi connectivity index (χ3n) is 4.18. The summed E-state index contributed by atoms with van der Waals surface area (Å²) in [6.07, 6.45) is 0.910. The first-order chi connectivity index (χ1) is 14.8. The van der Waals surface area contributed by atoms with Crippen LogP contribution in [-0.2, 0) is 19.0 Å². The number of aliphatic hydroxyl groups is 2. The number of esters is 3. The molecular weight excluding hydrogens is 404 g/mol. The van der Waals surface area contributed by atoms with E-state index in [9.17, 15) is 24.6 Å². The molecule has 8 heteroatoms. The second-order valence-electron chi connectivity index (χ2n) is 6.66. The Bertz CT molecular complexity index is 894. The monoisotopic (exact) mass is 428 g/mol. The molecule has 0 amide bonds. The fourth-order valence-electron chi connectivity index (χ4n) is 2.43. The van der Waals surface area contributed by atoms with Gasteiger partial charge in [0.1, 0.15) is 25.9 Å². The van der Waals surface area contributed by atoms with Crippen molar-refractivity contribution in [3.05, 3.63) is 83.9 Å². The molecule has 2 atom stereocenters. The van der Waals surface area contributed by atoms with Crippen molar-refractivity contribution < 1.29 is 38.8 Å². The summed E-state index contributed by atoms with van der Waals surface area (Å²) >= 11 is 0. The van der Waals surface area contributed by atoms with E-state index in [1.807, 2.05) is 0 Å². The lowest BCUT2D eigenvalue weighted by Gasteiger charge is -2.30. The molecule has 0 saturated heterocycles. The third kappa shape index (κ3) is 7.69. The number of rotatable bonds is 10. The maximum atomic E-state index is 12.1. The highest BCUT2D eigenvalue weighted by Gasteiger charge is 2.37. The average molecular weight is 428 g/mol. The number of hydrogen-bond acceptors (Lipinski definition) is 8. The Labute approximate surface area is 179 Å². The van der Waals surface area contributed by atoms with E-state index in [-0.39, 0.29) is 12.2 Å². The molecule has 0 fully saturated rings. The number of carbonyl (C=O) groups is 3. The Kier molecular flexibility index (Phi) is 8.93. The molecule has 31 heavy (non-hydrogen) atoms. The predicted octanol–water partition coefficient (Wildman–Crippen LogP) is 1.91. The van der Waals surface area contributed by atoms with Crippen molar-refractivity contribution in [1.82, 2.24) is 0 Å². The van der Waals surface area contributed by atoms with Gasteiger partial charge in [-0.05, 0) is 30.3 Å². The lowest BCUT2D eigenvalue weighted by atomic mass is 9.98. The van der Waals surface area contributed by atoms with Crippen molar-refractivity contribution in [1.29, 1.82) is 0 Å². The molecule has 0 bridgehead atoms. The van der Waals surface area contributed by atoms with Gasteiger partial charge in [-0.2, -0.15) is 0 Å². The number of carbonyl (C=O) groups excluding carboxylic acids is 3. The molecule has 0 aromatic heterocycles. The van der Waals surface area contributed by atoms with Crippen molar-refractivity contribution in [2.75, 3.05) is 19.8 Å². The van der Waals surface area contributed by atoms with Crippen LogP contribution in [0.15, 0.2) is 72.8 Å².